The van der Waals surface area contributed by atoms with E-state index in [2.05, 4.69) is 5.10 Å². The van der Waals surface area contributed by atoms with Crippen molar-refractivity contribution in [2.45, 2.75) is 32.9 Å². The van der Waals surface area contributed by atoms with Crippen LogP contribution in [0.2, 0.25) is 5.02 Å². The van der Waals surface area contributed by atoms with E-state index >= 15 is 0 Å². The van der Waals surface area contributed by atoms with Crippen LogP contribution in [-0.4, -0.2) is 37.9 Å². The van der Waals surface area contributed by atoms with Gasteiger partial charge < -0.3 is 5.11 Å². The predicted molar refractivity (Wildman–Crippen MR) is 96.0 cm³/mol. The number of benzene rings is 2. The van der Waals surface area contributed by atoms with E-state index in [-0.39, 0.29) is 23.1 Å². The minimum absolute atomic E-state index is 0. The van der Waals surface area contributed by atoms with Gasteiger partial charge in [0.15, 0.2) is 0 Å². The highest BCUT2D eigenvalue weighted by Crippen LogP contribution is 2.28. The Bertz CT molecular complexity index is 837. The van der Waals surface area contributed by atoms with Gasteiger partial charge in [-0.25, -0.2) is 0 Å². The maximum atomic E-state index is 10.4. The zero-order chi connectivity index (χ0) is 15.9. The second-order valence-corrected chi connectivity index (χ2v) is 6.59. The topological polar surface area (TPSA) is 38.0 Å². The van der Waals surface area contributed by atoms with Gasteiger partial charge in [-0.05, 0) is 50.1 Å². The summed E-state index contributed by atoms with van der Waals surface area (Å²) in [6.45, 7) is 6.22. The molecule has 0 aliphatic heterocycles. The van der Waals surface area contributed by atoms with Crippen LogP contribution in [0.4, 0.5) is 0 Å². The van der Waals surface area contributed by atoms with E-state index in [1.54, 1.807) is 13.8 Å². The van der Waals surface area contributed by atoms with Gasteiger partial charge in [-0.3, -0.25) is 4.68 Å². The lowest BCUT2D eigenvalue weighted by molar-refractivity contribution is 0.0746. The lowest BCUT2D eigenvalue weighted by atomic mass is 10.0. The maximum Gasteiger partial charge on any atom is 0.103 e. The zero-order valence-electron chi connectivity index (χ0n) is 13.7. The number of para-hydroxylation sites is 1. The van der Waals surface area contributed by atoms with Crippen molar-refractivity contribution < 1.29 is 5.11 Å². The Kier molecular flexibility index (Phi) is 5.41. The van der Waals surface area contributed by atoms with Gasteiger partial charge in [-0.2, -0.15) is 5.10 Å². The summed E-state index contributed by atoms with van der Waals surface area (Å²) in [6, 6.07) is 13.9. The number of aryl methyl sites for hydroxylation is 1. The highest BCUT2D eigenvalue weighted by Gasteiger charge is 2.24. The highest BCUT2D eigenvalue weighted by atomic mass is 35.5. The molecule has 5 heteroatoms. The number of halogens is 1. The Hall–Kier alpha value is -1.07. The predicted octanol–water partition coefficient (Wildman–Crippen LogP) is 3.89. The van der Waals surface area contributed by atoms with Crippen molar-refractivity contribution in [3.63, 3.8) is 0 Å². The fraction of sp³-hybridized carbons (Fsp3) is 0.278. The normalized spacial score (nSPS) is 11.5. The van der Waals surface area contributed by atoms with Gasteiger partial charge >= 0.3 is 0 Å². The van der Waals surface area contributed by atoms with E-state index < -0.39 is 5.60 Å². The van der Waals surface area contributed by atoms with E-state index in [1.807, 2.05) is 54.1 Å². The molecule has 1 N–H and O–H groups in total. The largest absolute Gasteiger partial charge is 0.384 e. The monoisotopic (exact) mass is 338 g/mol. The summed E-state index contributed by atoms with van der Waals surface area (Å²) in [5.74, 6) is 0. The van der Waals surface area contributed by atoms with Crippen molar-refractivity contribution in [1.82, 2.24) is 9.78 Å². The number of rotatable bonds is 3. The molecule has 0 spiro atoms. The fourth-order valence-electron chi connectivity index (χ4n) is 2.70. The summed E-state index contributed by atoms with van der Waals surface area (Å²) < 4.78 is 1.94. The third-order valence-corrected chi connectivity index (χ3v) is 4.10. The molecule has 0 saturated heterocycles. The van der Waals surface area contributed by atoms with E-state index in [9.17, 15) is 5.11 Å². The van der Waals surface area contributed by atoms with Crippen molar-refractivity contribution in [3.8, 4) is 0 Å². The third-order valence-electron chi connectivity index (χ3n) is 3.86. The minimum Gasteiger partial charge on any atom is -0.384 e. The zero-order valence-corrected chi connectivity index (χ0v) is 15.8. The van der Waals surface area contributed by atoms with Crippen molar-refractivity contribution in [3.05, 3.63) is 64.3 Å². The quantitative estimate of drug-likeness (QED) is 0.735. The summed E-state index contributed by atoms with van der Waals surface area (Å²) in [4.78, 5) is 0. The molecule has 0 aliphatic carbocycles. The van der Waals surface area contributed by atoms with Crippen LogP contribution in [0.15, 0.2) is 42.5 Å². The van der Waals surface area contributed by atoms with Crippen molar-refractivity contribution in [2.75, 3.05) is 0 Å². The first kappa shape index (κ1) is 18.3. The number of aliphatic hydroxyl groups is 1. The van der Waals surface area contributed by atoms with E-state index in [1.165, 1.54) is 5.56 Å². The van der Waals surface area contributed by atoms with Gasteiger partial charge in [0.2, 0.25) is 0 Å². The molecular formula is C18H19ClMgN2O. The molecule has 0 aliphatic rings. The minimum atomic E-state index is -0.972. The molecule has 1 aromatic heterocycles. The van der Waals surface area contributed by atoms with Gasteiger partial charge in [0, 0.05) is 33.5 Å². The lowest BCUT2D eigenvalue weighted by Crippen LogP contribution is -2.17. The Morgan fingerprint density at radius 1 is 1.17 bits per heavy atom. The summed E-state index contributed by atoms with van der Waals surface area (Å²) >= 11 is 6.02. The van der Waals surface area contributed by atoms with Crippen LogP contribution in [0.5, 0.6) is 0 Å². The molecule has 0 saturated carbocycles. The lowest BCUT2D eigenvalue weighted by Gasteiger charge is -2.14. The van der Waals surface area contributed by atoms with E-state index in [0.29, 0.717) is 12.2 Å². The second-order valence-electron chi connectivity index (χ2n) is 6.15. The van der Waals surface area contributed by atoms with Gasteiger partial charge in [-0.15, -0.1) is 0 Å². The van der Waals surface area contributed by atoms with Crippen molar-refractivity contribution in [2.24, 2.45) is 0 Å². The highest BCUT2D eigenvalue weighted by molar-refractivity contribution is 6.30. The summed E-state index contributed by atoms with van der Waals surface area (Å²) in [5.41, 5.74) is 3.06. The summed E-state index contributed by atoms with van der Waals surface area (Å²) in [7, 11) is 0. The number of fused-ring (bicyclic) bond motifs is 1. The summed E-state index contributed by atoms with van der Waals surface area (Å²) in [6.07, 6.45) is 0. The molecule has 3 nitrogen and oxygen atoms in total. The molecular weight excluding hydrogens is 320 g/mol. The molecule has 0 atom stereocenters. The molecule has 0 fully saturated rings. The molecule has 3 rings (SSSR count). The molecule has 0 bridgehead atoms. The Morgan fingerprint density at radius 2 is 1.87 bits per heavy atom. The van der Waals surface area contributed by atoms with Crippen LogP contribution >= 0.6 is 11.6 Å². The molecule has 116 valence electrons. The number of hydrogen-bond acceptors (Lipinski definition) is 2. The van der Waals surface area contributed by atoms with E-state index in [4.69, 9.17) is 11.6 Å². The molecule has 2 radical (unpaired) electrons. The molecule has 2 aromatic carbocycles. The Morgan fingerprint density at radius 3 is 2.52 bits per heavy atom. The van der Waals surface area contributed by atoms with Gasteiger partial charge in [-0.1, -0.05) is 35.9 Å². The molecule has 1 heterocycles. The van der Waals surface area contributed by atoms with Crippen LogP contribution in [0, 0.1) is 6.92 Å². The second kappa shape index (κ2) is 6.81. The van der Waals surface area contributed by atoms with Gasteiger partial charge in [0.1, 0.15) is 11.3 Å². The average Bonchev–Trinajstić information content (AvgIpc) is 2.81. The SMILES string of the molecule is Cc1cc(Cl)ccc1Cn1nc(C(C)(C)O)c2ccccc21.[Mg]. The first-order valence-electron chi connectivity index (χ1n) is 7.29. The standard InChI is InChI=1S/C18H19ClN2O.Mg/c1-12-10-14(19)9-8-13(12)11-21-16-7-5-4-6-15(16)17(20-21)18(2,3)22;/h4-10,22H,11H2,1-3H3;. The average molecular weight is 339 g/mol. The third kappa shape index (κ3) is 3.71. The first-order valence-corrected chi connectivity index (χ1v) is 7.67. The molecule has 0 amide bonds. The van der Waals surface area contributed by atoms with Crippen LogP contribution in [0.3, 0.4) is 0 Å². The molecule has 23 heavy (non-hydrogen) atoms. The summed E-state index contributed by atoms with van der Waals surface area (Å²) in [5, 5.41) is 16.7. The van der Waals surface area contributed by atoms with Crippen LogP contribution in [-0.2, 0) is 12.1 Å². The molecule has 0 unspecified atom stereocenters. The van der Waals surface area contributed by atoms with Gasteiger partial charge in [0.05, 0.1) is 12.1 Å². The van der Waals surface area contributed by atoms with Crippen LogP contribution < -0.4 is 0 Å². The Labute approximate surface area is 157 Å². The fourth-order valence-corrected chi connectivity index (χ4v) is 2.92. The van der Waals surface area contributed by atoms with Crippen molar-refractivity contribution >= 4 is 45.6 Å². The van der Waals surface area contributed by atoms with Crippen LogP contribution in [0.25, 0.3) is 10.9 Å². The number of hydrogen-bond donors (Lipinski definition) is 1. The van der Waals surface area contributed by atoms with E-state index in [0.717, 1.165) is 21.5 Å². The number of nitrogens with zero attached hydrogens (tertiary/aromatic N) is 2. The van der Waals surface area contributed by atoms with Crippen LogP contribution in [0.1, 0.15) is 30.7 Å². The maximum absolute atomic E-state index is 10.4. The van der Waals surface area contributed by atoms with Gasteiger partial charge in [0.25, 0.3) is 0 Å². The first-order chi connectivity index (χ1) is 10.4. The number of aromatic nitrogens is 2. The molecule has 3 aromatic rings. The van der Waals surface area contributed by atoms with Crippen molar-refractivity contribution in [1.29, 1.82) is 0 Å². The Balaban J connectivity index is 0.00000192. The smallest absolute Gasteiger partial charge is 0.103 e.